The third kappa shape index (κ3) is 5.25. The topological polar surface area (TPSA) is 34.0 Å². The number of nitrogens with zero attached hydrogens (tertiary/aromatic N) is 2. The fourth-order valence-electron chi connectivity index (χ4n) is 3.04. The van der Waals surface area contributed by atoms with Gasteiger partial charge in [-0.05, 0) is 32.8 Å². The molecule has 0 saturated heterocycles. The molecule has 0 saturated carbocycles. The number of rotatable bonds is 6. The van der Waals surface area contributed by atoms with Crippen LogP contribution in [0.2, 0.25) is 0 Å². The smallest absolute Gasteiger partial charge is 0.247 e. The number of para-hydroxylation sites is 1. The van der Waals surface area contributed by atoms with E-state index in [0.717, 1.165) is 36.4 Å². The SMILES string of the molecule is C1=C(Cc2ccccc2)N=[P+](Oc2ccccc2)N=C(Cc2ccccc2)C1. The molecule has 0 fully saturated rings. The van der Waals surface area contributed by atoms with Crippen molar-refractivity contribution >= 4 is 13.8 Å². The van der Waals surface area contributed by atoms with Gasteiger partial charge in [0.05, 0.1) is 11.4 Å². The van der Waals surface area contributed by atoms with Crippen LogP contribution in [0, 0.1) is 0 Å². The average molecular weight is 385 g/mol. The Morgan fingerprint density at radius 3 is 1.93 bits per heavy atom. The molecular formula is C24H22N2OP+. The predicted molar refractivity (Wildman–Crippen MR) is 117 cm³/mol. The summed E-state index contributed by atoms with van der Waals surface area (Å²) in [5.74, 6) is 0.807. The number of hydrogen-bond acceptors (Lipinski definition) is 3. The van der Waals surface area contributed by atoms with Crippen LogP contribution in [0.25, 0.3) is 0 Å². The summed E-state index contributed by atoms with van der Waals surface area (Å²) >= 11 is 0. The summed E-state index contributed by atoms with van der Waals surface area (Å²) in [6.07, 6.45) is 4.62. The Labute approximate surface area is 167 Å². The van der Waals surface area contributed by atoms with E-state index in [9.17, 15) is 0 Å². The van der Waals surface area contributed by atoms with Crippen molar-refractivity contribution in [2.45, 2.75) is 19.3 Å². The molecule has 0 aromatic heterocycles. The van der Waals surface area contributed by atoms with E-state index in [1.807, 2.05) is 42.5 Å². The van der Waals surface area contributed by atoms with Gasteiger partial charge in [-0.15, -0.1) is 0 Å². The first-order valence-corrected chi connectivity index (χ1v) is 10.6. The first-order chi connectivity index (χ1) is 13.8. The summed E-state index contributed by atoms with van der Waals surface area (Å²) in [6.45, 7) is 0. The molecule has 28 heavy (non-hydrogen) atoms. The lowest BCUT2D eigenvalue weighted by molar-refractivity contribution is 0.622. The van der Waals surface area contributed by atoms with Gasteiger partial charge in [0.15, 0.2) is 5.75 Å². The van der Waals surface area contributed by atoms with Gasteiger partial charge in [-0.2, -0.15) is 0 Å². The second kappa shape index (κ2) is 9.25. The molecule has 0 radical (unpaired) electrons. The van der Waals surface area contributed by atoms with Crippen LogP contribution in [0.15, 0.2) is 112 Å². The molecule has 3 aromatic rings. The maximum atomic E-state index is 6.14. The Kier molecular flexibility index (Phi) is 6.06. The van der Waals surface area contributed by atoms with Gasteiger partial charge in [0.2, 0.25) is 0 Å². The van der Waals surface area contributed by atoms with E-state index in [2.05, 4.69) is 54.6 Å². The fourth-order valence-corrected chi connectivity index (χ4v) is 4.24. The highest BCUT2D eigenvalue weighted by Gasteiger charge is 2.23. The van der Waals surface area contributed by atoms with Gasteiger partial charge < -0.3 is 0 Å². The Bertz CT molecular complexity index is 997. The fraction of sp³-hybridized carbons (Fsp3) is 0.125. The summed E-state index contributed by atoms with van der Waals surface area (Å²) in [5, 5.41) is 0. The highest BCUT2D eigenvalue weighted by atomic mass is 31.1. The first-order valence-electron chi connectivity index (χ1n) is 9.43. The zero-order chi connectivity index (χ0) is 19.0. The normalized spacial score (nSPS) is 15.1. The lowest BCUT2D eigenvalue weighted by atomic mass is 10.0. The van der Waals surface area contributed by atoms with Crippen molar-refractivity contribution in [2.24, 2.45) is 9.51 Å². The molecule has 0 bridgehead atoms. The molecule has 0 aliphatic carbocycles. The van der Waals surface area contributed by atoms with Gasteiger partial charge in [-0.3, -0.25) is 0 Å². The van der Waals surface area contributed by atoms with Crippen molar-refractivity contribution < 1.29 is 4.52 Å². The largest absolute Gasteiger partial charge is 0.589 e. The zero-order valence-electron chi connectivity index (χ0n) is 15.6. The standard InChI is InChI=1S/C24H22N2OP/c1-4-10-20(11-5-1)18-22-16-17-23(19-21-12-6-2-7-13-21)26-28(25-22)27-24-14-8-3-9-15-24/h1-16H,17-19H2/q+1. The molecule has 1 heterocycles. The predicted octanol–water partition coefficient (Wildman–Crippen LogP) is 6.77. The van der Waals surface area contributed by atoms with Crippen LogP contribution in [-0.4, -0.2) is 5.71 Å². The molecule has 0 amide bonds. The molecule has 0 N–H and O–H groups in total. The summed E-state index contributed by atoms with van der Waals surface area (Å²) < 4.78 is 15.9. The van der Waals surface area contributed by atoms with Crippen LogP contribution in [0.5, 0.6) is 5.75 Å². The highest BCUT2D eigenvalue weighted by molar-refractivity contribution is 7.41. The molecule has 1 aliphatic rings. The van der Waals surface area contributed by atoms with Gasteiger partial charge in [0.25, 0.3) is 0 Å². The van der Waals surface area contributed by atoms with Crippen molar-refractivity contribution in [2.75, 3.05) is 0 Å². The van der Waals surface area contributed by atoms with Crippen LogP contribution < -0.4 is 4.52 Å². The van der Waals surface area contributed by atoms with Gasteiger partial charge in [-0.25, -0.2) is 4.52 Å². The third-order valence-electron chi connectivity index (χ3n) is 4.42. The van der Waals surface area contributed by atoms with Gasteiger partial charge >= 0.3 is 8.09 Å². The van der Waals surface area contributed by atoms with E-state index in [-0.39, 0.29) is 0 Å². The summed E-state index contributed by atoms with van der Waals surface area (Å²) in [5.41, 5.74) is 4.66. The summed E-state index contributed by atoms with van der Waals surface area (Å²) in [4.78, 5) is 0. The molecule has 4 heteroatoms. The minimum Gasteiger partial charge on any atom is -0.247 e. The molecule has 138 valence electrons. The Hall–Kier alpha value is -3.03. The zero-order valence-corrected chi connectivity index (χ0v) is 16.5. The van der Waals surface area contributed by atoms with Gasteiger partial charge in [-0.1, -0.05) is 84.9 Å². The molecule has 3 nitrogen and oxygen atoms in total. The second-order valence-corrected chi connectivity index (χ2v) is 7.74. The number of benzene rings is 3. The van der Waals surface area contributed by atoms with Crippen molar-refractivity contribution in [3.8, 4) is 5.75 Å². The van der Waals surface area contributed by atoms with Crippen LogP contribution in [-0.2, 0) is 12.8 Å². The van der Waals surface area contributed by atoms with Crippen molar-refractivity contribution in [1.29, 1.82) is 0 Å². The molecular weight excluding hydrogens is 363 g/mol. The van der Waals surface area contributed by atoms with Crippen LogP contribution in [0.1, 0.15) is 17.5 Å². The van der Waals surface area contributed by atoms with Crippen LogP contribution >= 0.6 is 8.09 Å². The quantitative estimate of drug-likeness (QED) is 0.431. The van der Waals surface area contributed by atoms with E-state index in [1.54, 1.807) is 0 Å². The molecule has 1 unspecified atom stereocenters. The monoisotopic (exact) mass is 385 g/mol. The average Bonchev–Trinajstić information content (AvgIpc) is 2.92. The maximum Gasteiger partial charge on any atom is 0.589 e. The van der Waals surface area contributed by atoms with E-state index in [4.69, 9.17) is 14.0 Å². The Balaban J connectivity index is 1.59. The maximum absolute atomic E-state index is 6.14. The Morgan fingerprint density at radius 1 is 0.714 bits per heavy atom. The van der Waals surface area contributed by atoms with Crippen molar-refractivity contribution in [3.63, 3.8) is 0 Å². The molecule has 0 spiro atoms. The van der Waals surface area contributed by atoms with Crippen LogP contribution in [0.3, 0.4) is 0 Å². The van der Waals surface area contributed by atoms with E-state index in [0.29, 0.717) is 0 Å². The summed E-state index contributed by atoms with van der Waals surface area (Å²) in [6, 6.07) is 30.7. The van der Waals surface area contributed by atoms with Crippen molar-refractivity contribution in [1.82, 2.24) is 0 Å². The molecule has 4 rings (SSSR count). The Morgan fingerprint density at radius 2 is 1.29 bits per heavy atom. The molecule has 1 aliphatic heterocycles. The molecule has 3 aromatic carbocycles. The van der Waals surface area contributed by atoms with Gasteiger partial charge in [0, 0.05) is 19.3 Å². The van der Waals surface area contributed by atoms with Gasteiger partial charge in [0.1, 0.15) is 0 Å². The van der Waals surface area contributed by atoms with Crippen molar-refractivity contribution in [3.05, 3.63) is 114 Å². The van der Waals surface area contributed by atoms with E-state index in [1.165, 1.54) is 11.1 Å². The van der Waals surface area contributed by atoms with Crippen LogP contribution in [0.4, 0.5) is 0 Å². The van der Waals surface area contributed by atoms with E-state index < -0.39 is 8.09 Å². The van der Waals surface area contributed by atoms with E-state index >= 15 is 0 Å². The minimum atomic E-state index is -1.30. The molecule has 1 atom stereocenters. The minimum absolute atomic E-state index is 0.798. The first kappa shape index (κ1) is 18.3. The lowest BCUT2D eigenvalue weighted by Gasteiger charge is -2.00. The summed E-state index contributed by atoms with van der Waals surface area (Å²) in [7, 11) is -1.30. The third-order valence-corrected chi connectivity index (χ3v) is 5.68. The number of hydrogen-bond donors (Lipinski definition) is 0. The highest BCUT2D eigenvalue weighted by Crippen LogP contribution is 2.36. The second-order valence-electron chi connectivity index (χ2n) is 6.65. The number of allylic oxidation sites excluding steroid dienone is 2. The lowest BCUT2D eigenvalue weighted by Crippen LogP contribution is -2.01.